The quantitative estimate of drug-likeness (QED) is 0.578. The lowest BCUT2D eigenvalue weighted by molar-refractivity contribution is -0.115. The van der Waals surface area contributed by atoms with E-state index in [1.54, 1.807) is 23.9 Å². The lowest BCUT2D eigenvalue weighted by Crippen LogP contribution is -2.19. The third-order valence-corrected chi connectivity index (χ3v) is 4.70. The fourth-order valence-corrected chi connectivity index (χ4v) is 2.75. The Morgan fingerprint density at radius 3 is 2.65 bits per heavy atom. The molecule has 0 aliphatic heterocycles. The Morgan fingerprint density at radius 1 is 1.39 bits per heavy atom. The smallest absolute Gasteiger partial charge is 0.340 e. The second-order valence-electron chi connectivity index (χ2n) is 4.93. The number of esters is 1. The molecule has 8 heteroatoms. The molecule has 2 aromatic rings. The van der Waals surface area contributed by atoms with Crippen molar-refractivity contribution in [3.05, 3.63) is 43.7 Å². The fraction of sp³-hybridized carbons (Fsp3) is 0.267. The first-order valence-electron chi connectivity index (χ1n) is 6.68. The van der Waals surface area contributed by atoms with E-state index in [9.17, 15) is 9.59 Å². The molecule has 0 spiro atoms. The van der Waals surface area contributed by atoms with E-state index in [0.29, 0.717) is 14.3 Å². The number of carbonyl (C=O) groups is 2. The number of anilines is 1. The highest BCUT2D eigenvalue weighted by Crippen LogP contribution is 2.27. The number of halogens is 2. The molecule has 0 aliphatic carbocycles. The van der Waals surface area contributed by atoms with Gasteiger partial charge in [-0.2, -0.15) is 5.10 Å². The number of methoxy groups -OCH3 is 1. The Kier molecular flexibility index (Phi) is 5.64. The minimum Gasteiger partial charge on any atom is -0.465 e. The summed E-state index contributed by atoms with van der Waals surface area (Å²) in [7, 11) is 3.06. The van der Waals surface area contributed by atoms with Crippen molar-refractivity contribution in [3.8, 4) is 0 Å². The van der Waals surface area contributed by atoms with Crippen LogP contribution in [0.15, 0.2) is 18.2 Å². The molecule has 1 heterocycles. The van der Waals surface area contributed by atoms with Crippen molar-refractivity contribution in [2.75, 3.05) is 12.4 Å². The number of carbonyl (C=O) groups excluding carboxylic acids is 2. The van der Waals surface area contributed by atoms with Gasteiger partial charge in [0, 0.05) is 16.3 Å². The zero-order valence-electron chi connectivity index (χ0n) is 12.8. The van der Waals surface area contributed by atoms with E-state index in [2.05, 4.69) is 10.4 Å². The number of aromatic nitrogens is 2. The summed E-state index contributed by atoms with van der Waals surface area (Å²) in [4.78, 5) is 24.1. The van der Waals surface area contributed by atoms with Gasteiger partial charge in [0.15, 0.2) is 0 Å². The average molecular weight is 448 g/mol. The van der Waals surface area contributed by atoms with Crippen molar-refractivity contribution in [2.45, 2.75) is 13.3 Å². The first-order valence-corrected chi connectivity index (χ1v) is 8.14. The number of ether oxygens (including phenoxy) is 1. The number of benzene rings is 1. The normalized spacial score (nSPS) is 10.5. The van der Waals surface area contributed by atoms with Crippen molar-refractivity contribution in [1.82, 2.24) is 9.78 Å². The summed E-state index contributed by atoms with van der Waals surface area (Å²) in [5.74, 6) is -0.804. The molecular formula is C15H15ClIN3O3. The van der Waals surface area contributed by atoms with Gasteiger partial charge in [-0.05, 0) is 47.7 Å². The highest BCUT2D eigenvalue weighted by molar-refractivity contribution is 14.1. The van der Waals surface area contributed by atoms with Crippen molar-refractivity contribution in [1.29, 1.82) is 0 Å². The Balaban J connectivity index is 2.24. The minimum absolute atomic E-state index is 0.140. The number of nitrogens with zero attached hydrogens (tertiary/aromatic N) is 2. The summed E-state index contributed by atoms with van der Waals surface area (Å²) in [5.41, 5.74) is 2.20. The third-order valence-electron chi connectivity index (χ3n) is 3.18. The Morgan fingerprint density at radius 2 is 2.09 bits per heavy atom. The highest BCUT2D eigenvalue weighted by Gasteiger charge is 2.17. The molecule has 0 saturated heterocycles. The topological polar surface area (TPSA) is 73.2 Å². The predicted octanol–water partition coefficient (Wildman–Crippen LogP) is 2.95. The van der Waals surface area contributed by atoms with Crippen LogP contribution in [0.4, 0.5) is 5.69 Å². The van der Waals surface area contributed by atoms with Crippen LogP contribution in [0.5, 0.6) is 0 Å². The predicted molar refractivity (Wildman–Crippen MR) is 95.8 cm³/mol. The van der Waals surface area contributed by atoms with Crippen molar-refractivity contribution in [3.63, 3.8) is 0 Å². The number of amides is 1. The van der Waals surface area contributed by atoms with E-state index in [0.717, 1.165) is 11.4 Å². The van der Waals surface area contributed by atoms with Gasteiger partial charge in [-0.3, -0.25) is 9.48 Å². The summed E-state index contributed by atoms with van der Waals surface area (Å²) in [6.07, 6.45) is 0.140. The van der Waals surface area contributed by atoms with Crippen LogP contribution in [0.25, 0.3) is 0 Å². The van der Waals surface area contributed by atoms with E-state index in [1.807, 2.05) is 35.6 Å². The van der Waals surface area contributed by atoms with Gasteiger partial charge in [0.2, 0.25) is 5.91 Å². The SMILES string of the molecule is COC(=O)c1cc(I)c(Cl)cc1NC(=O)Cc1cc(C)nn1C. The maximum absolute atomic E-state index is 12.3. The summed E-state index contributed by atoms with van der Waals surface area (Å²) in [6.45, 7) is 1.86. The molecule has 0 unspecified atom stereocenters. The number of hydrogen-bond donors (Lipinski definition) is 1. The molecule has 122 valence electrons. The summed E-state index contributed by atoms with van der Waals surface area (Å²) in [5, 5.41) is 7.36. The highest BCUT2D eigenvalue weighted by atomic mass is 127. The number of nitrogens with one attached hydrogen (secondary N) is 1. The molecule has 0 fully saturated rings. The lowest BCUT2D eigenvalue weighted by Gasteiger charge is -2.11. The number of hydrogen-bond acceptors (Lipinski definition) is 4. The van der Waals surface area contributed by atoms with Gasteiger partial charge in [-0.15, -0.1) is 0 Å². The van der Waals surface area contributed by atoms with Crippen molar-refractivity contribution < 1.29 is 14.3 Å². The van der Waals surface area contributed by atoms with Crippen LogP contribution in [0.2, 0.25) is 5.02 Å². The summed E-state index contributed by atoms with van der Waals surface area (Å²) < 4.78 is 7.09. The van der Waals surface area contributed by atoms with E-state index >= 15 is 0 Å². The molecular weight excluding hydrogens is 433 g/mol. The second-order valence-corrected chi connectivity index (χ2v) is 6.50. The zero-order valence-corrected chi connectivity index (χ0v) is 15.7. The molecule has 1 aromatic carbocycles. The molecule has 0 radical (unpaired) electrons. The first kappa shape index (κ1) is 17.7. The lowest BCUT2D eigenvalue weighted by atomic mass is 10.1. The van der Waals surface area contributed by atoms with Gasteiger partial charge in [-0.1, -0.05) is 11.6 Å². The standard InChI is InChI=1S/C15H15ClIN3O3/c1-8-4-9(20(2)19-8)5-14(21)18-13-7-11(16)12(17)6-10(13)15(22)23-3/h4,6-7H,5H2,1-3H3,(H,18,21). The van der Waals surface area contributed by atoms with Crippen LogP contribution in [-0.4, -0.2) is 28.8 Å². The van der Waals surface area contributed by atoms with Crippen LogP contribution in [0.1, 0.15) is 21.7 Å². The van der Waals surface area contributed by atoms with Crippen LogP contribution in [-0.2, 0) is 23.0 Å². The van der Waals surface area contributed by atoms with Gasteiger partial charge >= 0.3 is 5.97 Å². The Hall–Kier alpha value is -1.61. The molecule has 0 atom stereocenters. The maximum Gasteiger partial charge on any atom is 0.340 e. The first-order chi connectivity index (χ1) is 10.8. The molecule has 2 rings (SSSR count). The summed E-state index contributed by atoms with van der Waals surface area (Å²) in [6, 6.07) is 4.96. The second kappa shape index (κ2) is 7.31. The zero-order chi connectivity index (χ0) is 17.1. The van der Waals surface area contributed by atoms with Gasteiger partial charge < -0.3 is 10.1 Å². The Labute approximate surface area is 152 Å². The van der Waals surface area contributed by atoms with Crippen LogP contribution in [0, 0.1) is 10.5 Å². The maximum atomic E-state index is 12.3. The molecule has 0 aliphatic rings. The largest absolute Gasteiger partial charge is 0.465 e. The van der Waals surface area contributed by atoms with E-state index < -0.39 is 5.97 Å². The fourth-order valence-electron chi connectivity index (χ4n) is 2.12. The van der Waals surface area contributed by atoms with Crippen LogP contribution < -0.4 is 5.32 Å². The van der Waals surface area contributed by atoms with Crippen molar-refractivity contribution >= 4 is 51.8 Å². The van der Waals surface area contributed by atoms with Gasteiger partial charge in [-0.25, -0.2) is 4.79 Å². The molecule has 6 nitrogen and oxygen atoms in total. The molecule has 1 amide bonds. The average Bonchev–Trinajstić information content (AvgIpc) is 2.79. The summed E-state index contributed by atoms with van der Waals surface area (Å²) >= 11 is 8.09. The van der Waals surface area contributed by atoms with Gasteiger partial charge in [0.25, 0.3) is 0 Å². The minimum atomic E-state index is -0.536. The van der Waals surface area contributed by atoms with Crippen LogP contribution in [0.3, 0.4) is 0 Å². The molecule has 1 aromatic heterocycles. The van der Waals surface area contributed by atoms with Gasteiger partial charge in [0.1, 0.15) is 0 Å². The van der Waals surface area contributed by atoms with E-state index in [4.69, 9.17) is 16.3 Å². The van der Waals surface area contributed by atoms with Crippen LogP contribution >= 0.6 is 34.2 Å². The number of rotatable bonds is 4. The van der Waals surface area contributed by atoms with Crippen molar-refractivity contribution in [2.24, 2.45) is 7.05 Å². The molecule has 1 N–H and O–H groups in total. The molecule has 0 bridgehead atoms. The number of aryl methyl sites for hydroxylation is 2. The monoisotopic (exact) mass is 447 g/mol. The third kappa shape index (κ3) is 4.23. The van der Waals surface area contributed by atoms with Gasteiger partial charge in [0.05, 0.1) is 35.5 Å². The Bertz CT molecular complexity index is 774. The molecule has 0 saturated carbocycles. The molecule has 23 heavy (non-hydrogen) atoms. The van der Waals surface area contributed by atoms with E-state index in [1.165, 1.54) is 7.11 Å². The van der Waals surface area contributed by atoms with E-state index in [-0.39, 0.29) is 17.9 Å².